The summed E-state index contributed by atoms with van der Waals surface area (Å²) in [6.07, 6.45) is 2.36. The molecule has 6 nitrogen and oxygen atoms in total. The van der Waals surface area contributed by atoms with Gasteiger partial charge in [0.2, 0.25) is 0 Å². The first-order valence-electron chi connectivity index (χ1n) is 12.4. The van der Waals surface area contributed by atoms with Crippen molar-refractivity contribution in [1.29, 1.82) is 0 Å². The number of carbonyl (C=O) groups is 2. The SMILES string of the molecule is COC(=O)C1CCCC1C(O[Si](C)(C)C(C)(C)C)C(Cc1ccccc1)NC(=O)OC(C)(C)C. The molecule has 1 amide bonds. The number of hydrogen-bond acceptors (Lipinski definition) is 5. The molecule has 0 radical (unpaired) electrons. The van der Waals surface area contributed by atoms with Gasteiger partial charge in [0, 0.05) is 0 Å². The number of carbonyl (C=O) groups excluding carboxylic acids is 2. The van der Waals surface area contributed by atoms with E-state index in [1.165, 1.54) is 7.11 Å². The standard InChI is InChI=1S/C27H45NO5Si/c1-26(2,3)32-25(30)28-22(18-19-14-11-10-12-15-19)23(33-34(8,9)27(4,5)6)20-16-13-17-21(20)24(29)31-7/h10-12,14-15,20-23H,13,16-18H2,1-9H3,(H,28,30). The van der Waals surface area contributed by atoms with Crippen LogP contribution >= 0.6 is 0 Å². The minimum absolute atomic E-state index is 0.0200. The minimum Gasteiger partial charge on any atom is -0.469 e. The van der Waals surface area contributed by atoms with E-state index in [-0.39, 0.29) is 35.0 Å². The Morgan fingerprint density at radius 2 is 1.68 bits per heavy atom. The summed E-state index contributed by atoms with van der Waals surface area (Å²) < 4.78 is 17.8. The van der Waals surface area contributed by atoms with E-state index in [4.69, 9.17) is 13.9 Å². The summed E-state index contributed by atoms with van der Waals surface area (Å²) in [6, 6.07) is 9.74. The van der Waals surface area contributed by atoms with Gasteiger partial charge in [0.15, 0.2) is 8.32 Å². The van der Waals surface area contributed by atoms with Crippen molar-refractivity contribution in [2.24, 2.45) is 11.8 Å². The first-order chi connectivity index (χ1) is 15.6. The molecule has 1 N–H and O–H groups in total. The summed E-state index contributed by atoms with van der Waals surface area (Å²) in [5.74, 6) is -0.467. The van der Waals surface area contributed by atoms with E-state index in [1.807, 2.05) is 39.0 Å². The first-order valence-corrected chi connectivity index (χ1v) is 15.3. The van der Waals surface area contributed by atoms with Crippen molar-refractivity contribution in [2.75, 3.05) is 7.11 Å². The van der Waals surface area contributed by atoms with E-state index in [0.717, 1.165) is 24.8 Å². The lowest BCUT2D eigenvalue weighted by molar-refractivity contribution is -0.148. The molecule has 1 saturated carbocycles. The van der Waals surface area contributed by atoms with E-state index < -0.39 is 20.0 Å². The Morgan fingerprint density at radius 1 is 1.06 bits per heavy atom. The van der Waals surface area contributed by atoms with Gasteiger partial charge in [-0.25, -0.2) is 4.79 Å². The highest BCUT2D eigenvalue weighted by molar-refractivity contribution is 6.74. The lowest BCUT2D eigenvalue weighted by atomic mass is 9.85. The van der Waals surface area contributed by atoms with E-state index in [1.54, 1.807) is 0 Å². The predicted molar refractivity (Wildman–Crippen MR) is 138 cm³/mol. The molecule has 0 heterocycles. The average molecular weight is 492 g/mol. The number of hydrogen-bond donors (Lipinski definition) is 1. The van der Waals surface area contributed by atoms with E-state index in [2.05, 4.69) is 51.3 Å². The fourth-order valence-corrected chi connectivity index (χ4v) is 5.76. The van der Waals surface area contributed by atoms with Crippen molar-refractivity contribution in [3.05, 3.63) is 35.9 Å². The quantitative estimate of drug-likeness (QED) is 0.351. The number of amides is 1. The summed E-state index contributed by atoms with van der Waals surface area (Å²) >= 11 is 0. The molecule has 0 saturated heterocycles. The molecule has 192 valence electrons. The first kappa shape index (κ1) is 28.4. The molecule has 1 aliphatic carbocycles. The smallest absolute Gasteiger partial charge is 0.407 e. The Morgan fingerprint density at radius 3 is 2.21 bits per heavy atom. The van der Waals surface area contributed by atoms with Crippen molar-refractivity contribution >= 4 is 20.4 Å². The molecule has 34 heavy (non-hydrogen) atoms. The Hall–Kier alpha value is -1.86. The van der Waals surface area contributed by atoms with Crippen molar-refractivity contribution in [2.45, 2.75) is 103 Å². The number of esters is 1. The van der Waals surface area contributed by atoms with Crippen LogP contribution in [0.1, 0.15) is 66.4 Å². The number of alkyl carbamates (subject to hydrolysis) is 1. The Labute approximate surface area is 207 Å². The van der Waals surface area contributed by atoms with E-state index in [0.29, 0.717) is 6.42 Å². The second-order valence-electron chi connectivity index (χ2n) is 12.0. The highest BCUT2D eigenvalue weighted by Gasteiger charge is 2.48. The molecule has 0 spiro atoms. The molecule has 0 aliphatic heterocycles. The molecule has 1 aromatic rings. The molecule has 0 aromatic heterocycles. The third-order valence-electron chi connectivity index (χ3n) is 7.13. The molecular weight excluding hydrogens is 446 g/mol. The van der Waals surface area contributed by atoms with Gasteiger partial charge >= 0.3 is 12.1 Å². The van der Waals surface area contributed by atoms with Gasteiger partial charge in [0.25, 0.3) is 0 Å². The van der Waals surface area contributed by atoms with Crippen molar-refractivity contribution in [3.63, 3.8) is 0 Å². The topological polar surface area (TPSA) is 73.9 Å². The van der Waals surface area contributed by atoms with Gasteiger partial charge in [-0.05, 0) is 69.6 Å². The lowest BCUT2D eigenvalue weighted by Crippen LogP contribution is -2.56. The molecular formula is C27H45NO5Si. The van der Waals surface area contributed by atoms with Gasteiger partial charge in [-0.15, -0.1) is 0 Å². The fraction of sp³-hybridized carbons (Fsp3) is 0.704. The molecule has 0 bridgehead atoms. The normalized spacial score (nSPS) is 21.0. The zero-order valence-corrected chi connectivity index (χ0v) is 23.6. The van der Waals surface area contributed by atoms with Crippen LogP contribution in [0.2, 0.25) is 18.1 Å². The van der Waals surface area contributed by atoms with Crippen molar-refractivity contribution in [1.82, 2.24) is 5.32 Å². The second kappa shape index (κ2) is 11.3. The zero-order chi connectivity index (χ0) is 25.7. The molecule has 4 atom stereocenters. The maximum absolute atomic E-state index is 12.9. The summed E-state index contributed by atoms with van der Waals surface area (Å²) in [6.45, 7) is 16.6. The van der Waals surface area contributed by atoms with Crippen molar-refractivity contribution < 1.29 is 23.5 Å². The molecule has 1 aliphatic rings. The van der Waals surface area contributed by atoms with Crippen LogP contribution in [0.3, 0.4) is 0 Å². The maximum atomic E-state index is 12.9. The monoisotopic (exact) mass is 491 g/mol. The van der Waals surface area contributed by atoms with Gasteiger partial charge in [0.05, 0.1) is 25.2 Å². The van der Waals surface area contributed by atoms with E-state index in [9.17, 15) is 9.59 Å². The Balaban J connectivity index is 2.49. The Kier molecular flexibility index (Phi) is 9.39. The highest BCUT2D eigenvalue weighted by Crippen LogP contribution is 2.43. The van der Waals surface area contributed by atoms with Crippen LogP contribution in [0, 0.1) is 11.8 Å². The number of ether oxygens (including phenoxy) is 2. The maximum Gasteiger partial charge on any atom is 0.407 e. The van der Waals surface area contributed by atoms with Gasteiger partial charge in [-0.3, -0.25) is 4.79 Å². The van der Waals surface area contributed by atoms with Gasteiger partial charge in [-0.1, -0.05) is 57.5 Å². The van der Waals surface area contributed by atoms with Crippen molar-refractivity contribution in [3.8, 4) is 0 Å². The molecule has 4 unspecified atom stereocenters. The second-order valence-corrected chi connectivity index (χ2v) is 16.8. The molecule has 1 aromatic carbocycles. The third kappa shape index (κ3) is 7.84. The zero-order valence-electron chi connectivity index (χ0n) is 22.6. The fourth-order valence-electron chi connectivity index (χ4n) is 4.39. The number of methoxy groups -OCH3 is 1. The highest BCUT2D eigenvalue weighted by atomic mass is 28.4. The van der Waals surface area contributed by atoms with Crippen LogP contribution in [-0.2, 0) is 25.1 Å². The van der Waals surface area contributed by atoms with Crippen LogP contribution in [0.5, 0.6) is 0 Å². The summed E-state index contributed by atoms with van der Waals surface area (Å²) in [5.41, 5.74) is 0.485. The Bertz CT molecular complexity index is 813. The van der Waals surface area contributed by atoms with Gasteiger partial charge in [0.1, 0.15) is 5.60 Å². The average Bonchev–Trinajstić information content (AvgIpc) is 3.19. The van der Waals surface area contributed by atoms with E-state index >= 15 is 0 Å². The number of rotatable bonds is 8. The lowest BCUT2D eigenvalue weighted by Gasteiger charge is -2.44. The van der Waals surface area contributed by atoms with Crippen LogP contribution in [0.25, 0.3) is 0 Å². The summed E-state index contributed by atoms with van der Waals surface area (Å²) in [7, 11) is -0.786. The summed E-state index contributed by atoms with van der Waals surface area (Å²) in [5, 5.41) is 3.11. The minimum atomic E-state index is -2.23. The number of nitrogens with one attached hydrogen (secondary N) is 1. The molecule has 7 heteroatoms. The van der Waals surface area contributed by atoms with Gasteiger partial charge in [-0.2, -0.15) is 0 Å². The van der Waals surface area contributed by atoms with Crippen LogP contribution in [0.15, 0.2) is 30.3 Å². The molecule has 1 fully saturated rings. The van der Waals surface area contributed by atoms with Gasteiger partial charge < -0.3 is 19.2 Å². The van der Waals surface area contributed by atoms with Crippen LogP contribution in [-0.4, -0.2) is 45.2 Å². The van der Waals surface area contributed by atoms with Crippen LogP contribution < -0.4 is 5.32 Å². The third-order valence-corrected chi connectivity index (χ3v) is 11.6. The number of benzene rings is 1. The largest absolute Gasteiger partial charge is 0.469 e. The molecule has 2 rings (SSSR count). The van der Waals surface area contributed by atoms with Crippen LogP contribution in [0.4, 0.5) is 4.79 Å². The predicted octanol–water partition coefficient (Wildman–Crippen LogP) is 6.10. The summed E-state index contributed by atoms with van der Waals surface area (Å²) in [4.78, 5) is 25.6.